The molecule has 2 aromatic carbocycles. The van der Waals surface area contributed by atoms with Crippen LogP contribution in [0.1, 0.15) is 22.3 Å². The number of carbonyl (C=O) groups is 2. The maximum Gasteiger partial charge on any atom is 0.251 e. The van der Waals surface area contributed by atoms with E-state index in [0.29, 0.717) is 31.5 Å². The lowest BCUT2D eigenvalue weighted by Crippen LogP contribution is -2.34. The largest absolute Gasteiger partial charge is 0.354 e. The Bertz CT molecular complexity index is 659. The number of hydrogen-bond donors (Lipinski definition) is 2. The smallest absolute Gasteiger partial charge is 0.251 e. The first kappa shape index (κ1) is 17.2. The van der Waals surface area contributed by atoms with Crippen molar-refractivity contribution < 1.29 is 9.59 Å². The number of benzene rings is 2. The first-order chi connectivity index (χ1) is 11.2. The van der Waals surface area contributed by atoms with Crippen LogP contribution >= 0.6 is 15.9 Å². The van der Waals surface area contributed by atoms with Gasteiger partial charge < -0.3 is 10.6 Å². The van der Waals surface area contributed by atoms with Crippen LogP contribution in [0.15, 0.2) is 59.1 Å². The van der Waals surface area contributed by atoms with Crippen LogP contribution in [-0.2, 0) is 11.2 Å². The van der Waals surface area contributed by atoms with E-state index in [9.17, 15) is 9.59 Å². The molecule has 23 heavy (non-hydrogen) atoms. The third-order valence-corrected chi connectivity index (χ3v) is 4.12. The zero-order valence-corrected chi connectivity index (χ0v) is 14.3. The summed E-state index contributed by atoms with van der Waals surface area (Å²) in [5.41, 5.74) is 1.73. The second kappa shape index (κ2) is 9.10. The molecular weight excluding hydrogens is 356 g/mol. The first-order valence-corrected chi connectivity index (χ1v) is 8.29. The van der Waals surface area contributed by atoms with Crippen molar-refractivity contribution >= 4 is 27.7 Å². The summed E-state index contributed by atoms with van der Waals surface area (Å²) in [6, 6.07) is 16.9. The van der Waals surface area contributed by atoms with Gasteiger partial charge in [-0.15, -0.1) is 0 Å². The number of aryl methyl sites for hydroxylation is 1. The quantitative estimate of drug-likeness (QED) is 0.732. The van der Waals surface area contributed by atoms with E-state index in [0.717, 1.165) is 10.0 Å². The van der Waals surface area contributed by atoms with Crippen molar-refractivity contribution in [1.29, 1.82) is 0 Å². The Hall–Kier alpha value is -2.14. The zero-order chi connectivity index (χ0) is 16.5. The Morgan fingerprint density at radius 3 is 2.26 bits per heavy atom. The van der Waals surface area contributed by atoms with Crippen molar-refractivity contribution in [3.63, 3.8) is 0 Å². The fraction of sp³-hybridized carbons (Fsp3) is 0.222. The molecule has 2 rings (SSSR count). The number of rotatable bonds is 7. The van der Waals surface area contributed by atoms with E-state index < -0.39 is 0 Å². The van der Waals surface area contributed by atoms with Gasteiger partial charge in [0.2, 0.25) is 5.91 Å². The molecule has 0 spiro atoms. The molecule has 0 bridgehead atoms. The molecule has 5 heteroatoms. The Morgan fingerprint density at radius 1 is 0.870 bits per heavy atom. The summed E-state index contributed by atoms with van der Waals surface area (Å²) < 4.78 is 1.02. The molecule has 2 amide bonds. The Balaban J connectivity index is 1.63. The summed E-state index contributed by atoms with van der Waals surface area (Å²) in [5, 5.41) is 5.59. The summed E-state index contributed by atoms with van der Waals surface area (Å²) in [7, 11) is 0. The lowest BCUT2D eigenvalue weighted by Gasteiger charge is -2.08. The maximum atomic E-state index is 11.8. The molecule has 0 heterocycles. The van der Waals surface area contributed by atoms with Crippen LogP contribution in [0.5, 0.6) is 0 Å². The van der Waals surface area contributed by atoms with Crippen molar-refractivity contribution in [3.8, 4) is 0 Å². The summed E-state index contributed by atoms with van der Waals surface area (Å²) in [6.45, 7) is 0.835. The molecule has 4 nitrogen and oxygen atoms in total. The predicted octanol–water partition coefficient (Wildman–Crippen LogP) is 2.93. The van der Waals surface area contributed by atoms with E-state index in [1.165, 1.54) is 0 Å². The molecule has 0 unspecified atom stereocenters. The van der Waals surface area contributed by atoms with Gasteiger partial charge in [-0.3, -0.25) is 9.59 Å². The lowest BCUT2D eigenvalue weighted by molar-refractivity contribution is -0.121. The lowest BCUT2D eigenvalue weighted by atomic mass is 10.1. The minimum Gasteiger partial charge on any atom is -0.354 e. The van der Waals surface area contributed by atoms with Crippen LogP contribution in [0, 0.1) is 0 Å². The Labute approximate surface area is 144 Å². The molecule has 0 radical (unpaired) electrons. The molecule has 0 saturated heterocycles. The number of hydrogen-bond acceptors (Lipinski definition) is 2. The van der Waals surface area contributed by atoms with Crippen molar-refractivity contribution in [3.05, 3.63) is 70.2 Å². The number of carbonyl (C=O) groups excluding carboxylic acids is 2. The van der Waals surface area contributed by atoms with Gasteiger partial charge >= 0.3 is 0 Å². The SMILES string of the molecule is O=C(CCc1ccccc1Br)NCCNC(=O)c1ccccc1. The van der Waals surface area contributed by atoms with Gasteiger partial charge in [-0.05, 0) is 30.2 Å². The molecule has 0 saturated carbocycles. The van der Waals surface area contributed by atoms with Crippen molar-refractivity contribution in [2.75, 3.05) is 13.1 Å². The maximum absolute atomic E-state index is 11.8. The van der Waals surface area contributed by atoms with E-state index >= 15 is 0 Å². The van der Waals surface area contributed by atoms with E-state index in [1.807, 2.05) is 42.5 Å². The topological polar surface area (TPSA) is 58.2 Å². The van der Waals surface area contributed by atoms with E-state index in [-0.39, 0.29) is 11.8 Å². The standard InChI is InChI=1S/C18H19BrN2O2/c19-16-9-5-4-6-14(16)10-11-17(22)20-12-13-21-18(23)15-7-2-1-3-8-15/h1-9H,10-13H2,(H,20,22)(H,21,23). The molecule has 2 aromatic rings. The molecule has 0 aliphatic heterocycles. The molecule has 120 valence electrons. The van der Waals surface area contributed by atoms with E-state index in [4.69, 9.17) is 0 Å². The molecule has 0 fully saturated rings. The highest BCUT2D eigenvalue weighted by Gasteiger charge is 2.06. The fourth-order valence-corrected chi connectivity index (χ4v) is 2.59. The summed E-state index contributed by atoms with van der Waals surface area (Å²) >= 11 is 3.47. The number of nitrogens with one attached hydrogen (secondary N) is 2. The minimum absolute atomic E-state index is 0.0188. The summed E-state index contributed by atoms with van der Waals surface area (Å²) in [4.78, 5) is 23.6. The third kappa shape index (κ3) is 5.87. The highest BCUT2D eigenvalue weighted by molar-refractivity contribution is 9.10. The zero-order valence-electron chi connectivity index (χ0n) is 12.7. The van der Waals surface area contributed by atoms with Crippen molar-refractivity contribution in [1.82, 2.24) is 10.6 Å². The molecule has 2 N–H and O–H groups in total. The van der Waals surface area contributed by atoms with Gasteiger partial charge in [-0.25, -0.2) is 0 Å². The Morgan fingerprint density at radius 2 is 1.52 bits per heavy atom. The minimum atomic E-state index is -0.131. The predicted molar refractivity (Wildman–Crippen MR) is 94.2 cm³/mol. The van der Waals surface area contributed by atoms with Gasteiger partial charge in [-0.1, -0.05) is 52.3 Å². The first-order valence-electron chi connectivity index (χ1n) is 7.50. The van der Waals surface area contributed by atoms with Crippen LogP contribution in [0.2, 0.25) is 0 Å². The molecule has 0 atom stereocenters. The average Bonchev–Trinajstić information content (AvgIpc) is 2.58. The average molecular weight is 375 g/mol. The molecular formula is C18H19BrN2O2. The van der Waals surface area contributed by atoms with Gasteiger partial charge in [0.05, 0.1) is 0 Å². The second-order valence-electron chi connectivity index (χ2n) is 5.06. The van der Waals surface area contributed by atoms with Crippen molar-refractivity contribution in [2.24, 2.45) is 0 Å². The second-order valence-corrected chi connectivity index (χ2v) is 5.92. The highest BCUT2D eigenvalue weighted by atomic mass is 79.9. The number of amides is 2. The molecule has 0 aliphatic carbocycles. The normalized spacial score (nSPS) is 10.1. The van der Waals surface area contributed by atoms with Crippen LogP contribution < -0.4 is 10.6 Å². The summed E-state index contributed by atoms with van der Waals surface area (Å²) in [6.07, 6.45) is 1.11. The molecule has 0 aromatic heterocycles. The molecule has 0 aliphatic rings. The number of halogens is 1. The Kier molecular flexibility index (Phi) is 6.81. The van der Waals surface area contributed by atoms with Gasteiger partial charge in [-0.2, -0.15) is 0 Å². The highest BCUT2D eigenvalue weighted by Crippen LogP contribution is 2.17. The fourth-order valence-electron chi connectivity index (χ4n) is 2.11. The van der Waals surface area contributed by atoms with Crippen molar-refractivity contribution in [2.45, 2.75) is 12.8 Å². The van der Waals surface area contributed by atoms with Crippen LogP contribution in [0.4, 0.5) is 0 Å². The summed E-state index contributed by atoms with van der Waals surface area (Å²) in [5.74, 6) is -0.150. The van der Waals surface area contributed by atoms with Gasteiger partial charge in [0.25, 0.3) is 5.91 Å². The van der Waals surface area contributed by atoms with Crippen LogP contribution in [0.3, 0.4) is 0 Å². The monoisotopic (exact) mass is 374 g/mol. The third-order valence-electron chi connectivity index (χ3n) is 3.35. The van der Waals surface area contributed by atoms with E-state index in [2.05, 4.69) is 26.6 Å². The van der Waals surface area contributed by atoms with Gasteiger partial charge in [0.15, 0.2) is 0 Å². The van der Waals surface area contributed by atoms with Gasteiger partial charge in [0.1, 0.15) is 0 Å². The van der Waals surface area contributed by atoms with Crippen LogP contribution in [0.25, 0.3) is 0 Å². The van der Waals surface area contributed by atoms with Gasteiger partial charge in [0, 0.05) is 29.5 Å². The van der Waals surface area contributed by atoms with E-state index in [1.54, 1.807) is 12.1 Å². The van der Waals surface area contributed by atoms with Crippen LogP contribution in [-0.4, -0.2) is 24.9 Å².